The first-order valence-corrected chi connectivity index (χ1v) is 9.27. The van der Waals surface area contributed by atoms with Crippen LogP contribution in [0.2, 0.25) is 0 Å². The van der Waals surface area contributed by atoms with E-state index in [2.05, 4.69) is 46.3 Å². The molecule has 0 bridgehead atoms. The Balaban J connectivity index is 1.81. The Bertz CT molecular complexity index is 467. The average molecular weight is 317 g/mol. The lowest BCUT2D eigenvalue weighted by molar-refractivity contribution is 0.111. The Hall–Kier alpha value is -1.10. The Morgan fingerprint density at radius 3 is 2.52 bits per heavy atom. The van der Waals surface area contributed by atoms with Gasteiger partial charge >= 0.3 is 0 Å². The number of ether oxygens (including phenoxy) is 1. The van der Waals surface area contributed by atoms with Gasteiger partial charge < -0.3 is 15.0 Å². The topological polar surface area (TPSA) is 27.7 Å². The fraction of sp³-hybridized carbons (Fsp3) is 0.684. The van der Waals surface area contributed by atoms with Crippen LogP contribution in [-0.4, -0.2) is 62.2 Å². The van der Waals surface area contributed by atoms with E-state index in [1.807, 2.05) is 0 Å². The van der Waals surface area contributed by atoms with Gasteiger partial charge in [0.25, 0.3) is 0 Å². The van der Waals surface area contributed by atoms with Gasteiger partial charge in [0.15, 0.2) is 0 Å². The number of para-hydroxylation sites is 1. The lowest BCUT2D eigenvalue weighted by atomic mass is 10.0. The van der Waals surface area contributed by atoms with Crippen molar-refractivity contribution in [3.63, 3.8) is 0 Å². The van der Waals surface area contributed by atoms with Crippen LogP contribution in [-0.2, 0) is 0 Å². The molecule has 2 fully saturated rings. The molecule has 1 aromatic carbocycles. The van der Waals surface area contributed by atoms with E-state index in [1.54, 1.807) is 0 Å². The maximum atomic E-state index is 5.94. The predicted molar refractivity (Wildman–Crippen MR) is 95.1 cm³/mol. The van der Waals surface area contributed by atoms with Gasteiger partial charge in [0.05, 0.1) is 12.6 Å². The van der Waals surface area contributed by atoms with Crippen LogP contribution >= 0.6 is 0 Å². The molecule has 0 saturated carbocycles. The molecule has 128 valence electrons. The molecule has 0 radical (unpaired) electrons. The summed E-state index contributed by atoms with van der Waals surface area (Å²) in [6, 6.07) is 9.08. The number of piperidine rings is 1. The van der Waals surface area contributed by atoms with Gasteiger partial charge in [0, 0.05) is 38.3 Å². The second-order valence-corrected chi connectivity index (χ2v) is 6.63. The van der Waals surface area contributed by atoms with Crippen molar-refractivity contribution in [2.24, 2.45) is 0 Å². The zero-order valence-electron chi connectivity index (χ0n) is 14.5. The van der Waals surface area contributed by atoms with Crippen LogP contribution in [0.3, 0.4) is 0 Å². The zero-order valence-corrected chi connectivity index (χ0v) is 14.5. The molecule has 0 aliphatic carbocycles. The van der Waals surface area contributed by atoms with E-state index in [9.17, 15) is 0 Å². The summed E-state index contributed by atoms with van der Waals surface area (Å²) in [5.74, 6) is 1.07. The van der Waals surface area contributed by atoms with Crippen LogP contribution in [0.4, 0.5) is 0 Å². The van der Waals surface area contributed by atoms with Gasteiger partial charge in [-0.3, -0.25) is 4.90 Å². The standard InChI is InChI=1S/C19H31N3O/c1-2-23-19-9-5-4-8-17(19)18(22-14-10-20-11-15-22)16-21-12-6-3-7-13-21/h4-5,8-9,18,20H,2-3,6-7,10-16H2,1H3. The number of hydrogen-bond donors (Lipinski definition) is 1. The summed E-state index contributed by atoms with van der Waals surface area (Å²) in [7, 11) is 0. The minimum absolute atomic E-state index is 0.443. The highest BCUT2D eigenvalue weighted by atomic mass is 16.5. The summed E-state index contributed by atoms with van der Waals surface area (Å²) in [5, 5.41) is 3.48. The molecule has 3 rings (SSSR count). The van der Waals surface area contributed by atoms with Gasteiger partial charge in [0.1, 0.15) is 5.75 Å². The summed E-state index contributed by atoms with van der Waals surface area (Å²) in [6.07, 6.45) is 4.09. The number of benzene rings is 1. The van der Waals surface area contributed by atoms with Crippen molar-refractivity contribution in [1.82, 2.24) is 15.1 Å². The van der Waals surface area contributed by atoms with Crippen molar-refractivity contribution in [3.8, 4) is 5.75 Å². The summed E-state index contributed by atoms with van der Waals surface area (Å²) in [6.45, 7) is 10.9. The van der Waals surface area contributed by atoms with Crippen molar-refractivity contribution in [2.45, 2.75) is 32.2 Å². The number of rotatable bonds is 6. The Labute approximate surface area is 140 Å². The first-order valence-electron chi connectivity index (χ1n) is 9.27. The lowest BCUT2D eigenvalue weighted by Gasteiger charge is -2.39. The van der Waals surface area contributed by atoms with Crippen LogP contribution in [0.1, 0.15) is 37.8 Å². The largest absolute Gasteiger partial charge is 0.494 e. The Morgan fingerprint density at radius 2 is 1.78 bits per heavy atom. The first kappa shape index (κ1) is 16.7. The van der Waals surface area contributed by atoms with E-state index in [1.165, 1.54) is 37.9 Å². The third-order valence-electron chi connectivity index (χ3n) is 5.05. The molecule has 2 aliphatic heterocycles. The number of piperazine rings is 1. The normalized spacial score (nSPS) is 22.0. The molecule has 2 aliphatic rings. The van der Waals surface area contributed by atoms with E-state index >= 15 is 0 Å². The smallest absolute Gasteiger partial charge is 0.124 e. The van der Waals surface area contributed by atoms with Gasteiger partial charge in [-0.05, 0) is 38.9 Å². The molecular weight excluding hydrogens is 286 g/mol. The first-order chi connectivity index (χ1) is 11.4. The maximum absolute atomic E-state index is 5.94. The highest BCUT2D eigenvalue weighted by Gasteiger charge is 2.27. The highest BCUT2D eigenvalue weighted by Crippen LogP contribution is 2.31. The quantitative estimate of drug-likeness (QED) is 0.872. The van der Waals surface area contributed by atoms with E-state index in [-0.39, 0.29) is 0 Å². The monoisotopic (exact) mass is 317 g/mol. The molecule has 4 heteroatoms. The minimum Gasteiger partial charge on any atom is -0.494 e. The fourth-order valence-corrected chi connectivity index (χ4v) is 3.83. The van der Waals surface area contributed by atoms with Gasteiger partial charge in [-0.1, -0.05) is 24.6 Å². The van der Waals surface area contributed by atoms with Crippen LogP contribution in [0, 0.1) is 0 Å². The van der Waals surface area contributed by atoms with Crippen molar-refractivity contribution < 1.29 is 4.74 Å². The predicted octanol–water partition coefficient (Wildman–Crippen LogP) is 2.52. The van der Waals surface area contributed by atoms with Gasteiger partial charge in [-0.25, -0.2) is 0 Å². The third-order valence-corrected chi connectivity index (χ3v) is 5.05. The third kappa shape index (κ3) is 4.46. The molecule has 0 amide bonds. The number of hydrogen-bond acceptors (Lipinski definition) is 4. The summed E-state index contributed by atoms with van der Waals surface area (Å²) in [5.41, 5.74) is 1.36. The van der Waals surface area contributed by atoms with Crippen LogP contribution < -0.4 is 10.1 Å². The molecule has 1 N–H and O–H groups in total. The molecule has 2 saturated heterocycles. The Kier molecular flexibility index (Phi) is 6.31. The van der Waals surface area contributed by atoms with Gasteiger partial charge in [-0.15, -0.1) is 0 Å². The average Bonchev–Trinajstić information content (AvgIpc) is 2.62. The van der Waals surface area contributed by atoms with E-state index in [0.717, 1.165) is 45.1 Å². The van der Waals surface area contributed by atoms with Crippen molar-refractivity contribution in [2.75, 3.05) is 52.4 Å². The summed E-state index contributed by atoms with van der Waals surface area (Å²) in [4.78, 5) is 5.29. The minimum atomic E-state index is 0.443. The molecule has 1 atom stereocenters. The van der Waals surface area contributed by atoms with Gasteiger partial charge in [-0.2, -0.15) is 0 Å². The van der Waals surface area contributed by atoms with Crippen LogP contribution in [0.5, 0.6) is 5.75 Å². The second kappa shape index (κ2) is 8.67. The molecule has 2 heterocycles. The zero-order chi connectivity index (χ0) is 15.9. The lowest BCUT2D eigenvalue weighted by Crippen LogP contribution is -2.48. The highest BCUT2D eigenvalue weighted by molar-refractivity contribution is 5.36. The van der Waals surface area contributed by atoms with Crippen molar-refractivity contribution >= 4 is 0 Å². The van der Waals surface area contributed by atoms with E-state index in [0.29, 0.717) is 6.04 Å². The summed E-state index contributed by atoms with van der Waals surface area (Å²) < 4.78 is 5.94. The number of likely N-dealkylation sites (tertiary alicyclic amines) is 1. The summed E-state index contributed by atoms with van der Waals surface area (Å²) >= 11 is 0. The molecule has 0 aromatic heterocycles. The molecule has 1 unspecified atom stereocenters. The number of nitrogens with zero attached hydrogens (tertiary/aromatic N) is 2. The Morgan fingerprint density at radius 1 is 1.04 bits per heavy atom. The van der Waals surface area contributed by atoms with Crippen molar-refractivity contribution in [1.29, 1.82) is 0 Å². The molecule has 4 nitrogen and oxygen atoms in total. The second-order valence-electron chi connectivity index (χ2n) is 6.63. The molecule has 0 spiro atoms. The van der Waals surface area contributed by atoms with Gasteiger partial charge in [0.2, 0.25) is 0 Å². The maximum Gasteiger partial charge on any atom is 0.124 e. The van der Waals surface area contributed by atoms with Crippen LogP contribution in [0.25, 0.3) is 0 Å². The van der Waals surface area contributed by atoms with E-state index in [4.69, 9.17) is 4.74 Å². The van der Waals surface area contributed by atoms with Crippen molar-refractivity contribution in [3.05, 3.63) is 29.8 Å². The SMILES string of the molecule is CCOc1ccccc1C(CN1CCCCC1)N1CCNCC1. The molecular formula is C19H31N3O. The molecule has 23 heavy (non-hydrogen) atoms. The molecule has 1 aromatic rings. The van der Waals surface area contributed by atoms with Crippen LogP contribution in [0.15, 0.2) is 24.3 Å². The number of nitrogens with one attached hydrogen (secondary N) is 1. The van der Waals surface area contributed by atoms with E-state index < -0.39 is 0 Å². The fourth-order valence-electron chi connectivity index (χ4n) is 3.83.